The topological polar surface area (TPSA) is 15.3 Å². The molecule has 0 unspecified atom stereocenters. The number of hydrogen-bond donors (Lipinski definition) is 1. The molecule has 0 spiro atoms. The Kier molecular flexibility index (Phi) is 4.23. The van der Waals surface area contributed by atoms with Crippen LogP contribution in [0.5, 0.6) is 0 Å². The molecule has 0 radical (unpaired) electrons. The summed E-state index contributed by atoms with van der Waals surface area (Å²) in [5.74, 6) is 0. The first-order valence-corrected chi connectivity index (χ1v) is 6.45. The molecule has 88 valence electrons. The van der Waals surface area contributed by atoms with E-state index in [1.54, 1.807) is 0 Å². The Morgan fingerprint density at radius 2 is 2.06 bits per heavy atom. The minimum Gasteiger partial charge on any atom is -0.372 e. The summed E-state index contributed by atoms with van der Waals surface area (Å²) in [6.45, 7) is 6.76. The molecule has 2 heteroatoms. The summed E-state index contributed by atoms with van der Waals surface area (Å²) in [4.78, 5) is 2.49. The number of nitrogens with one attached hydrogen (secondary N) is 1. The first-order valence-electron chi connectivity index (χ1n) is 6.45. The Bertz CT molecular complexity index is 316. The minimum absolute atomic E-state index is 0.996. The molecule has 1 N–H and O–H groups in total. The molecule has 1 fully saturated rings. The monoisotopic (exact) mass is 218 g/mol. The molecule has 1 aliphatic heterocycles. The Morgan fingerprint density at radius 3 is 2.81 bits per heavy atom. The van der Waals surface area contributed by atoms with Gasteiger partial charge in [0.2, 0.25) is 0 Å². The van der Waals surface area contributed by atoms with Gasteiger partial charge in [-0.3, -0.25) is 0 Å². The van der Waals surface area contributed by atoms with Gasteiger partial charge in [-0.15, -0.1) is 0 Å². The van der Waals surface area contributed by atoms with E-state index in [2.05, 4.69) is 41.4 Å². The highest BCUT2D eigenvalue weighted by molar-refractivity contribution is 5.49. The molecule has 1 aromatic rings. The lowest BCUT2D eigenvalue weighted by molar-refractivity contribution is 0.675. The van der Waals surface area contributed by atoms with Gasteiger partial charge in [-0.25, -0.2) is 0 Å². The van der Waals surface area contributed by atoms with Crippen LogP contribution in [0.3, 0.4) is 0 Å². The maximum Gasteiger partial charge on any atom is 0.0369 e. The third-order valence-electron chi connectivity index (χ3n) is 3.14. The Hall–Kier alpha value is -1.02. The molecule has 16 heavy (non-hydrogen) atoms. The molecule has 2 nitrogen and oxygen atoms in total. The van der Waals surface area contributed by atoms with E-state index in [4.69, 9.17) is 0 Å². The first-order chi connectivity index (χ1) is 7.90. The van der Waals surface area contributed by atoms with Gasteiger partial charge in [-0.05, 0) is 43.5 Å². The molecular weight excluding hydrogens is 196 g/mol. The van der Waals surface area contributed by atoms with Crippen molar-refractivity contribution in [3.63, 3.8) is 0 Å². The number of benzene rings is 1. The summed E-state index contributed by atoms with van der Waals surface area (Å²) in [7, 11) is 0. The maximum atomic E-state index is 3.45. The van der Waals surface area contributed by atoms with Gasteiger partial charge in [-0.2, -0.15) is 0 Å². The van der Waals surface area contributed by atoms with E-state index in [0.717, 1.165) is 13.1 Å². The fraction of sp³-hybridized carbons (Fsp3) is 0.571. The summed E-state index contributed by atoms with van der Waals surface area (Å²) in [5.41, 5.74) is 2.80. The van der Waals surface area contributed by atoms with Crippen molar-refractivity contribution in [2.45, 2.75) is 32.7 Å². The molecule has 0 aliphatic carbocycles. The lowest BCUT2D eigenvalue weighted by Crippen LogP contribution is -2.18. The highest BCUT2D eigenvalue weighted by atomic mass is 15.1. The third-order valence-corrected chi connectivity index (χ3v) is 3.14. The average Bonchev–Trinajstić information content (AvgIpc) is 2.83. The summed E-state index contributed by atoms with van der Waals surface area (Å²) in [6.07, 6.45) is 3.89. The molecule has 1 aromatic carbocycles. The molecule has 0 aromatic heterocycles. The summed E-state index contributed by atoms with van der Waals surface area (Å²) in [6, 6.07) is 8.95. The van der Waals surface area contributed by atoms with Crippen LogP contribution in [0.15, 0.2) is 24.3 Å². The summed E-state index contributed by atoms with van der Waals surface area (Å²) in [5, 5.41) is 3.45. The number of rotatable bonds is 5. The van der Waals surface area contributed by atoms with Crippen LogP contribution >= 0.6 is 0 Å². The fourth-order valence-electron chi connectivity index (χ4n) is 2.25. The van der Waals surface area contributed by atoms with Crippen molar-refractivity contribution in [1.82, 2.24) is 5.32 Å². The number of anilines is 1. The van der Waals surface area contributed by atoms with Gasteiger partial charge in [0.05, 0.1) is 0 Å². The average molecular weight is 218 g/mol. The predicted molar refractivity (Wildman–Crippen MR) is 69.9 cm³/mol. The van der Waals surface area contributed by atoms with Gasteiger partial charge in [-0.1, -0.05) is 19.1 Å². The second-order valence-corrected chi connectivity index (χ2v) is 4.54. The van der Waals surface area contributed by atoms with E-state index in [0.29, 0.717) is 0 Å². The van der Waals surface area contributed by atoms with Gasteiger partial charge < -0.3 is 10.2 Å². The minimum atomic E-state index is 0.996. The van der Waals surface area contributed by atoms with Crippen molar-refractivity contribution >= 4 is 5.69 Å². The highest BCUT2D eigenvalue weighted by Gasteiger charge is 2.11. The van der Waals surface area contributed by atoms with Crippen LogP contribution in [-0.4, -0.2) is 19.6 Å². The van der Waals surface area contributed by atoms with Crippen molar-refractivity contribution in [3.8, 4) is 0 Å². The zero-order chi connectivity index (χ0) is 11.2. The van der Waals surface area contributed by atoms with Gasteiger partial charge in [0.1, 0.15) is 0 Å². The van der Waals surface area contributed by atoms with E-state index in [-0.39, 0.29) is 0 Å². The molecule has 0 bridgehead atoms. The molecule has 2 rings (SSSR count). The largest absolute Gasteiger partial charge is 0.372 e. The van der Waals surface area contributed by atoms with Crippen molar-refractivity contribution in [2.24, 2.45) is 0 Å². The van der Waals surface area contributed by atoms with Crippen LogP contribution in [0.1, 0.15) is 31.7 Å². The second kappa shape index (κ2) is 5.90. The normalized spacial score (nSPS) is 15.7. The standard InChI is InChI=1S/C14H22N2/c1-2-8-15-12-13-6-5-7-14(11-13)16-9-3-4-10-16/h5-7,11,15H,2-4,8-10,12H2,1H3. The molecule has 1 heterocycles. The Labute approximate surface area is 98.7 Å². The van der Waals surface area contributed by atoms with Gasteiger partial charge in [0.15, 0.2) is 0 Å². The van der Waals surface area contributed by atoms with Crippen LogP contribution in [0.4, 0.5) is 5.69 Å². The van der Waals surface area contributed by atoms with E-state index in [1.165, 1.54) is 43.6 Å². The first kappa shape index (κ1) is 11.5. The van der Waals surface area contributed by atoms with E-state index in [1.807, 2.05) is 0 Å². The van der Waals surface area contributed by atoms with Crippen molar-refractivity contribution < 1.29 is 0 Å². The quantitative estimate of drug-likeness (QED) is 0.765. The zero-order valence-corrected chi connectivity index (χ0v) is 10.2. The van der Waals surface area contributed by atoms with Crippen molar-refractivity contribution in [2.75, 3.05) is 24.5 Å². The summed E-state index contributed by atoms with van der Waals surface area (Å²) >= 11 is 0. The zero-order valence-electron chi connectivity index (χ0n) is 10.2. The lowest BCUT2D eigenvalue weighted by atomic mass is 10.2. The molecular formula is C14H22N2. The van der Waals surface area contributed by atoms with Gasteiger partial charge in [0, 0.05) is 25.3 Å². The molecule has 0 atom stereocenters. The van der Waals surface area contributed by atoms with Crippen LogP contribution in [0.25, 0.3) is 0 Å². The maximum absolute atomic E-state index is 3.45. The third kappa shape index (κ3) is 2.99. The van der Waals surface area contributed by atoms with Crippen LogP contribution < -0.4 is 10.2 Å². The van der Waals surface area contributed by atoms with E-state index < -0.39 is 0 Å². The Balaban J connectivity index is 1.95. The van der Waals surface area contributed by atoms with Crippen molar-refractivity contribution in [1.29, 1.82) is 0 Å². The highest BCUT2D eigenvalue weighted by Crippen LogP contribution is 2.20. The summed E-state index contributed by atoms with van der Waals surface area (Å²) < 4.78 is 0. The van der Waals surface area contributed by atoms with Crippen LogP contribution in [-0.2, 0) is 6.54 Å². The lowest BCUT2D eigenvalue weighted by Gasteiger charge is -2.18. The van der Waals surface area contributed by atoms with Crippen LogP contribution in [0, 0.1) is 0 Å². The SMILES string of the molecule is CCCNCc1cccc(N2CCCC2)c1. The van der Waals surface area contributed by atoms with Gasteiger partial charge >= 0.3 is 0 Å². The molecule has 1 saturated heterocycles. The number of nitrogens with zero attached hydrogens (tertiary/aromatic N) is 1. The second-order valence-electron chi connectivity index (χ2n) is 4.54. The van der Waals surface area contributed by atoms with Crippen LogP contribution in [0.2, 0.25) is 0 Å². The van der Waals surface area contributed by atoms with Gasteiger partial charge in [0.25, 0.3) is 0 Å². The predicted octanol–water partition coefficient (Wildman–Crippen LogP) is 2.79. The van der Waals surface area contributed by atoms with Crippen molar-refractivity contribution in [3.05, 3.63) is 29.8 Å². The molecule has 0 amide bonds. The molecule has 0 saturated carbocycles. The van der Waals surface area contributed by atoms with E-state index in [9.17, 15) is 0 Å². The fourth-order valence-corrected chi connectivity index (χ4v) is 2.25. The smallest absolute Gasteiger partial charge is 0.0369 e. The number of hydrogen-bond acceptors (Lipinski definition) is 2. The Morgan fingerprint density at radius 1 is 1.25 bits per heavy atom. The van der Waals surface area contributed by atoms with E-state index >= 15 is 0 Å². The molecule has 1 aliphatic rings.